The summed E-state index contributed by atoms with van der Waals surface area (Å²) in [6, 6.07) is 0. The monoisotopic (exact) mass is 885 g/mol. The second-order valence-corrected chi connectivity index (χ2v) is 17.9. The molecule has 6 atom stereocenters. The van der Waals surface area contributed by atoms with Gasteiger partial charge in [-0.05, 0) is 57.8 Å². The molecule has 1 saturated heterocycles. The lowest BCUT2D eigenvalue weighted by molar-refractivity contribution is -0.297. The summed E-state index contributed by atoms with van der Waals surface area (Å²) >= 11 is 0. The highest BCUT2D eigenvalue weighted by atomic mass is 32.2. The minimum atomic E-state index is -4.61. The number of ether oxygens (including phenoxy) is 4. The van der Waals surface area contributed by atoms with E-state index in [1.165, 1.54) is 109 Å². The Kier molecular flexibility index (Phi) is 35.4. The van der Waals surface area contributed by atoms with E-state index in [4.69, 9.17) is 18.9 Å². The molecule has 0 aromatic rings. The Bertz CT molecular complexity index is 1310. The molecule has 0 aromatic heterocycles. The quantitative estimate of drug-likeness (QED) is 0.0151. The highest BCUT2D eigenvalue weighted by molar-refractivity contribution is 7.85. The summed E-state index contributed by atoms with van der Waals surface area (Å²) in [6.07, 6.45) is 36.0. The van der Waals surface area contributed by atoms with Crippen molar-refractivity contribution in [3.05, 3.63) is 48.6 Å². The molecule has 1 aliphatic heterocycles. The third-order valence-corrected chi connectivity index (χ3v) is 11.4. The van der Waals surface area contributed by atoms with E-state index < -0.39 is 71.2 Å². The fraction of sp³-hybridized carbons (Fsp3) is 0.792. The van der Waals surface area contributed by atoms with Crippen LogP contribution in [0.5, 0.6) is 0 Å². The first-order valence-electron chi connectivity index (χ1n) is 23.7. The molecular weight excluding hydrogens is 801 g/mol. The molecule has 1 fully saturated rings. The molecule has 1 heterocycles. The molecular formula is C48H84O12S. The Morgan fingerprint density at radius 2 is 1.07 bits per heavy atom. The van der Waals surface area contributed by atoms with Crippen LogP contribution in [0.15, 0.2) is 48.6 Å². The summed E-state index contributed by atoms with van der Waals surface area (Å²) in [5.74, 6) is -2.07. The molecule has 0 aromatic carbocycles. The second kappa shape index (κ2) is 38.1. The first-order chi connectivity index (χ1) is 29.5. The van der Waals surface area contributed by atoms with Crippen LogP contribution in [-0.4, -0.2) is 96.0 Å². The summed E-state index contributed by atoms with van der Waals surface area (Å²) in [5, 5.41) is 30.9. The van der Waals surface area contributed by atoms with E-state index in [2.05, 4.69) is 50.3 Å². The van der Waals surface area contributed by atoms with Crippen LogP contribution in [0.25, 0.3) is 0 Å². The Balaban J connectivity index is 2.42. The number of rotatable bonds is 39. The summed E-state index contributed by atoms with van der Waals surface area (Å²) in [4.78, 5) is 25.4. The number of carbonyl (C=O) groups is 2. The fourth-order valence-electron chi connectivity index (χ4n) is 6.96. The van der Waals surface area contributed by atoms with Crippen molar-refractivity contribution >= 4 is 22.1 Å². The maximum Gasteiger partial charge on any atom is 0.306 e. The van der Waals surface area contributed by atoms with Crippen LogP contribution in [0.2, 0.25) is 0 Å². The first kappa shape index (κ1) is 56.6. The van der Waals surface area contributed by atoms with E-state index >= 15 is 0 Å². The standard InChI is InChI=1S/C48H84O12S/c1-3-5-7-9-11-13-15-17-18-19-20-21-22-23-25-26-28-30-32-34-36-43(49)57-38-41(39-58-48-47(53)46(52)45(51)42(60-48)40-61(54,55)56)59-44(50)37-35-33-31-29-27-24-16-14-12-10-8-6-4-2/h13,15,17-18,24,27,31,33,41-42,45-48,51-53H,3-12,14,16,19-23,25-26,28-30,32,34-40H2,1-2H3,(H,54,55,56)/b15-13+,18-17+,27-24+,33-31+/t41?,42-,45-,46?,47?,48+/m1/s1. The van der Waals surface area contributed by atoms with Crippen LogP contribution in [-0.2, 0) is 38.7 Å². The lowest BCUT2D eigenvalue weighted by atomic mass is 10.00. The van der Waals surface area contributed by atoms with E-state index in [-0.39, 0.29) is 19.4 Å². The third kappa shape index (κ3) is 32.9. The van der Waals surface area contributed by atoms with Crippen LogP contribution >= 0.6 is 0 Å². The average Bonchev–Trinajstić information content (AvgIpc) is 3.22. The number of esters is 2. The Hall–Kier alpha value is -2.39. The normalized spacial score (nSPS) is 20.4. The lowest BCUT2D eigenvalue weighted by Gasteiger charge is -2.40. The molecule has 61 heavy (non-hydrogen) atoms. The van der Waals surface area contributed by atoms with Gasteiger partial charge in [0.1, 0.15) is 36.8 Å². The zero-order valence-corrected chi connectivity index (χ0v) is 38.6. The van der Waals surface area contributed by atoms with E-state index in [1.54, 1.807) is 0 Å². The van der Waals surface area contributed by atoms with E-state index in [0.29, 0.717) is 12.8 Å². The Labute approximate surface area is 369 Å². The molecule has 1 aliphatic rings. The Morgan fingerprint density at radius 3 is 1.62 bits per heavy atom. The molecule has 0 spiro atoms. The summed E-state index contributed by atoms with van der Waals surface area (Å²) in [5.41, 5.74) is 0. The molecule has 354 valence electrons. The molecule has 13 heteroatoms. The molecule has 1 rings (SSSR count). The molecule has 4 N–H and O–H groups in total. The van der Waals surface area contributed by atoms with Gasteiger partial charge in [-0.1, -0.05) is 165 Å². The van der Waals surface area contributed by atoms with Crippen LogP contribution in [0, 0.1) is 0 Å². The maximum absolute atomic E-state index is 12.8. The summed E-state index contributed by atoms with van der Waals surface area (Å²) in [7, 11) is -4.61. The summed E-state index contributed by atoms with van der Waals surface area (Å²) in [6.45, 7) is 3.68. The van der Waals surface area contributed by atoms with Crippen LogP contribution in [0.4, 0.5) is 0 Å². The van der Waals surface area contributed by atoms with Gasteiger partial charge in [-0.15, -0.1) is 0 Å². The van der Waals surface area contributed by atoms with E-state index in [0.717, 1.165) is 38.5 Å². The van der Waals surface area contributed by atoms with Crippen molar-refractivity contribution in [3.8, 4) is 0 Å². The topological polar surface area (TPSA) is 186 Å². The van der Waals surface area contributed by atoms with Crippen molar-refractivity contribution in [2.75, 3.05) is 19.0 Å². The van der Waals surface area contributed by atoms with Crippen molar-refractivity contribution in [1.82, 2.24) is 0 Å². The van der Waals surface area contributed by atoms with Gasteiger partial charge in [0.2, 0.25) is 0 Å². The van der Waals surface area contributed by atoms with Gasteiger partial charge >= 0.3 is 11.9 Å². The van der Waals surface area contributed by atoms with Gasteiger partial charge in [0.05, 0.1) is 6.61 Å². The lowest BCUT2D eigenvalue weighted by Crippen LogP contribution is -2.60. The minimum Gasteiger partial charge on any atom is -0.462 e. The molecule has 0 bridgehead atoms. The zero-order valence-electron chi connectivity index (χ0n) is 37.8. The highest BCUT2D eigenvalue weighted by Gasteiger charge is 2.46. The molecule has 3 unspecified atom stereocenters. The number of carbonyl (C=O) groups excluding carboxylic acids is 2. The molecule has 0 saturated carbocycles. The summed E-state index contributed by atoms with van der Waals surface area (Å²) < 4.78 is 54.0. The smallest absolute Gasteiger partial charge is 0.306 e. The van der Waals surface area contributed by atoms with Crippen molar-refractivity contribution in [2.45, 2.75) is 224 Å². The first-order valence-corrected chi connectivity index (χ1v) is 25.3. The van der Waals surface area contributed by atoms with Crippen LogP contribution < -0.4 is 0 Å². The van der Waals surface area contributed by atoms with Crippen LogP contribution in [0.3, 0.4) is 0 Å². The number of allylic oxidation sites excluding steroid dienone is 8. The highest BCUT2D eigenvalue weighted by Crippen LogP contribution is 2.24. The molecule has 0 amide bonds. The molecule has 0 radical (unpaired) electrons. The van der Waals surface area contributed by atoms with Gasteiger partial charge in [-0.25, -0.2) is 0 Å². The zero-order chi connectivity index (χ0) is 44.8. The van der Waals surface area contributed by atoms with Gasteiger partial charge in [0.15, 0.2) is 12.4 Å². The number of unbranched alkanes of at least 4 members (excludes halogenated alkanes) is 20. The SMILES string of the molecule is CCCCCC/C=C/C=C/CCCCCCCCCCCCC(=O)OCC(CO[C@H]1O[C@H](CS(=O)(=O)O)[C@@H](O)C(O)C1O)OC(=O)CC/C=C/C/C=C/CCCCCCCC. The number of aliphatic hydroxyl groups excluding tert-OH is 3. The van der Waals surface area contributed by atoms with Crippen molar-refractivity contribution in [2.24, 2.45) is 0 Å². The Morgan fingerprint density at radius 1 is 0.574 bits per heavy atom. The second-order valence-electron chi connectivity index (χ2n) is 16.4. The third-order valence-electron chi connectivity index (χ3n) is 10.7. The number of aliphatic hydroxyl groups is 3. The predicted molar refractivity (Wildman–Crippen MR) is 242 cm³/mol. The van der Waals surface area contributed by atoms with Gasteiger partial charge in [-0.2, -0.15) is 8.42 Å². The van der Waals surface area contributed by atoms with Gasteiger partial charge < -0.3 is 34.3 Å². The molecule has 12 nitrogen and oxygen atoms in total. The van der Waals surface area contributed by atoms with Gasteiger partial charge in [0, 0.05) is 12.8 Å². The number of hydrogen-bond acceptors (Lipinski definition) is 11. The van der Waals surface area contributed by atoms with E-state index in [9.17, 15) is 37.9 Å². The fourth-order valence-corrected chi connectivity index (χ4v) is 7.65. The molecule has 0 aliphatic carbocycles. The number of hydrogen-bond donors (Lipinski definition) is 4. The maximum atomic E-state index is 12.8. The van der Waals surface area contributed by atoms with E-state index in [1.807, 2.05) is 12.2 Å². The predicted octanol–water partition coefficient (Wildman–Crippen LogP) is 9.95. The minimum absolute atomic E-state index is 0.0569. The largest absolute Gasteiger partial charge is 0.462 e. The van der Waals surface area contributed by atoms with Gasteiger partial charge in [0.25, 0.3) is 10.1 Å². The average molecular weight is 885 g/mol. The van der Waals surface area contributed by atoms with Crippen molar-refractivity contribution < 1.29 is 56.8 Å². The van der Waals surface area contributed by atoms with Gasteiger partial charge in [-0.3, -0.25) is 14.1 Å². The van der Waals surface area contributed by atoms with Crippen LogP contribution in [0.1, 0.15) is 187 Å². The van der Waals surface area contributed by atoms with Crippen molar-refractivity contribution in [1.29, 1.82) is 0 Å². The van der Waals surface area contributed by atoms with Crippen molar-refractivity contribution in [3.63, 3.8) is 0 Å².